The van der Waals surface area contributed by atoms with Gasteiger partial charge in [-0.15, -0.1) is 11.3 Å². The summed E-state index contributed by atoms with van der Waals surface area (Å²) in [5.41, 5.74) is -0.462. The van der Waals surface area contributed by atoms with Crippen molar-refractivity contribution in [3.8, 4) is 17.3 Å². The minimum Gasteiger partial charge on any atom is -0.389 e. The maximum absolute atomic E-state index is 15.3. The molecule has 174 valence electrons. The number of nitriles is 1. The van der Waals surface area contributed by atoms with Crippen LogP contribution in [0, 0.1) is 23.0 Å². The molecular weight excluding hydrogens is 456 g/mol. The van der Waals surface area contributed by atoms with Crippen LogP contribution in [0.3, 0.4) is 0 Å². The van der Waals surface area contributed by atoms with E-state index >= 15 is 4.39 Å². The zero-order chi connectivity index (χ0) is 24.5. The molecule has 1 unspecified atom stereocenters. The Balaban J connectivity index is 1.86. The van der Waals surface area contributed by atoms with Crippen LogP contribution in [0.2, 0.25) is 0 Å². The Hall–Kier alpha value is -3.48. The van der Waals surface area contributed by atoms with Crippen LogP contribution in [0.25, 0.3) is 11.3 Å². The van der Waals surface area contributed by atoms with Crippen molar-refractivity contribution in [3.63, 3.8) is 0 Å². The molecule has 1 N–H and O–H groups in total. The Labute approximate surface area is 200 Å². The predicted molar refractivity (Wildman–Crippen MR) is 125 cm³/mol. The maximum Gasteiger partial charge on any atom is 0.137 e. The molecule has 0 spiro atoms. The Morgan fingerprint density at radius 3 is 2.50 bits per heavy atom. The number of hydrogen-bond donors (Lipinski definition) is 1. The molecule has 2 atom stereocenters. The lowest BCUT2D eigenvalue weighted by Crippen LogP contribution is -2.54. The normalized spacial score (nSPS) is 14.4. The molecule has 4 rings (SSSR count). The van der Waals surface area contributed by atoms with E-state index in [-0.39, 0.29) is 12.1 Å². The summed E-state index contributed by atoms with van der Waals surface area (Å²) in [5, 5.41) is 27.3. The number of rotatable bonds is 7. The highest BCUT2D eigenvalue weighted by Gasteiger charge is 2.53. The minimum atomic E-state index is -1.46. The Bertz CT molecular complexity index is 1320. The fraction of sp³-hybridized carbons (Fsp3) is 0.280. The van der Waals surface area contributed by atoms with Crippen molar-refractivity contribution in [2.45, 2.75) is 44.2 Å². The summed E-state index contributed by atoms with van der Waals surface area (Å²) in [6, 6.07) is 12.6. The standard InChI is InChI=1S/C25H23F2N5OS/c1-16(23-31-22(12-34-23)18-6-4-17(11-28)5-7-18)25(24(2,3)33,13-32-15-29-14-30-32)20-9-8-19(26)10-21(20)27/h4-10,12,14-16,33H,13H2,1-3H3/t16-,25?/m0/s1. The first-order valence-corrected chi connectivity index (χ1v) is 11.5. The van der Waals surface area contributed by atoms with Gasteiger partial charge in [0.15, 0.2) is 0 Å². The van der Waals surface area contributed by atoms with Gasteiger partial charge in [0.1, 0.15) is 24.3 Å². The lowest BCUT2D eigenvalue weighted by Gasteiger charge is -2.47. The van der Waals surface area contributed by atoms with Crippen LogP contribution < -0.4 is 0 Å². The fourth-order valence-corrected chi connectivity index (χ4v) is 5.45. The van der Waals surface area contributed by atoms with Crippen molar-refractivity contribution < 1.29 is 13.9 Å². The molecule has 2 aromatic carbocycles. The molecule has 6 nitrogen and oxygen atoms in total. The van der Waals surface area contributed by atoms with Crippen molar-refractivity contribution in [2.24, 2.45) is 0 Å². The summed E-state index contributed by atoms with van der Waals surface area (Å²) in [5.74, 6) is -1.94. The van der Waals surface area contributed by atoms with E-state index in [9.17, 15) is 9.50 Å². The molecule has 34 heavy (non-hydrogen) atoms. The minimum absolute atomic E-state index is 0.0893. The second-order valence-corrected chi connectivity index (χ2v) is 9.62. The molecule has 0 radical (unpaired) electrons. The first kappa shape index (κ1) is 23.7. The van der Waals surface area contributed by atoms with Crippen LogP contribution >= 0.6 is 11.3 Å². The topological polar surface area (TPSA) is 87.6 Å². The van der Waals surface area contributed by atoms with E-state index in [0.717, 1.165) is 11.6 Å². The third-order valence-electron chi connectivity index (χ3n) is 6.32. The lowest BCUT2D eigenvalue weighted by atomic mass is 9.61. The first-order valence-electron chi connectivity index (χ1n) is 10.6. The zero-order valence-electron chi connectivity index (χ0n) is 18.9. The highest BCUT2D eigenvalue weighted by atomic mass is 32.1. The molecule has 0 saturated heterocycles. The van der Waals surface area contributed by atoms with Gasteiger partial charge in [0.05, 0.1) is 39.9 Å². The Kier molecular flexibility index (Phi) is 6.30. The molecule has 0 fully saturated rings. The number of aliphatic hydroxyl groups is 1. The SMILES string of the molecule is C[C@@H](c1nc(-c2ccc(C#N)cc2)cs1)C(Cn1cncn1)(c1ccc(F)cc1F)C(C)(C)O. The van der Waals surface area contributed by atoms with Gasteiger partial charge in [-0.05, 0) is 37.6 Å². The Morgan fingerprint density at radius 1 is 1.18 bits per heavy atom. The van der Waals surface area contributed by atoms with E-state index in [4.69, 9.17) is 10.2 Å². The summed E-state index contributed by atoms with van der Waals surface area (Å²) in [6.07, 6.45) is 2.87. The number of thiazole rings is 1. The van der Waals surface area contributed by atoms with E-state index in [1.807, 2.05) is 24.4 Å². The fourth-order valence-electron chi connectivity index (χ4n) is 4.47. The van der Waals surface area contributed by atoms with E-state index in [0.29, 0.717) is 16.3 Å². The number of halogens is 2. The summed E-state index contributed by atoms with van der Waals surface area (Å²) in [7, 11) is 0. The molecule has 0 amide bonds. The molecular formula is C25H23F2N5OS. The van der Waals surface area contributed by atoms with Crippen molar-refractivity contribution in [3.05, 3.63) is 88.3 Å². The molecule has 0 aliphatic rings. The molecule has 4 aromatic rings. The van der Waals surface area contributed by atoms with Crippen LogP contribution in [0.4, 0.5) is 8.78 Å². The van der Waals surface area contributed by atoms with Gasteiger partial charge < -0.3 is 5.11 Å². The van der Waals surface area contributed by atoms with Crippen LogP contribution in [-0.2, 0) is 12.0 Å². The third kappa shape index (κ3) is 4.22. The second-order valence-electron chi connectivity index (χ2n) is 8.73. The van der Waals surface area contributed by atoms with Gasteiger partial charge in [-0.3, -0.25) is 4.68 Å². The molecule has 0 bridgehead atoms. The molecule has 0 aliphatic heterocycles. The summed E-state index contributed by atoms with van der Waals surface area (Å²) in [6.45, 7) is 5.18. The number of benzene rings is 2. The average Bonchev–Trinajstić information content (AvgIpc) is 3.49. The molecule has 9 heteroatoms. The van der Waals surface area contributed by atoms with Gasteiger partial charge in [0.25, 0.3) is 0 Å². The molecule has 2 aromatic heterocycles. The Morgan fingerprint density at radius 2 is 1.91 bits per heavy atom. The van der Waals surface area contributed by atoms with Gasteiger partial charge in [0.2, 0.25) is 0 Å². The van der Waals surface area contributed by atoms with Gasteiger partial charge >= 0.3 is 0 Å². The van der Waals surface area contributed by atoms with Gasteiger partial charge in [-0.25, -0.2) is 18.7 Å². The third-order valence-corrected chi connectivity index (χ3v) is 7.35. The summed E-state index contributed by atoms with van der Waals surface area (Å²) in [4.78, 5) is 8.79. The van der Waals surface area contributed by atoms with Crippen molar-refractivity contribution >= 4 is 11.3 Å². The second kappa shape index (κ2) is 9.05. The van der Waals surface area contributed by atoms with Crippen LogP contribution in [0.5, 0.6) is 0 Å². The van der Waals surface area contributed by atoms with Gasteiger partial charge in [-0.2, -0.15) is 10.4 Å². The quantitative estimate of drug-likeness (QED) is 0.400. The van der Waals surface area contributed by atoms with E-state index in [1.165, 1.54) is 40.8 Å². The highest BCUT2D eigenvalue weighted by molar-refractivity contribution is 7.10. The summed E-state index contributed by atoms with van der Waals surface area (Å²) >= 11 is 1.39. The van der Waals surface area contributed by atoms with Crippen LogP contribution in [0.1, 0.15) is 42.8 Å². The van der Waals surface area contributed by atoms with E-state index < -0.39 is 28.6 Å². The largest absolute Gasteiger partial charge is 0.389 e. The maximum atomic E-state index is 15.3. The number of nitrogens with zero attached hydrogens (tertiary/aromatic N) is 5. The zero-order valence-corrected chi connectivity index (χ0v) is 19.7. The average molecular weight is 480 g/mol. The molecule has 0 saturated carbocycles. The highest BCUT2D eigenvalue weighted by Crippen LogP contribution is 2.49. The van der Waals surface area contributed by atoms with Crippen LogP contribution in [-0.4, -0.2) is 30.5 Å². The van der Waals surface area contributed by atoms with Crippen molar-refractivity contribution in [2.75, 3.05) is 0 Å². The van der Waals surface area contributed by atoms with E-state index in [1.54, 1.807) is 26.0 Å². The van der Waals surface area contributed by atoms with E-state index in [2.05, 4.69) is 16.2 Å². The van der Waals surface area contributed by atoms with Crippen molar-refractivity contribution in [1.82, 2.24) is 19.7 Å². The van der Waals surface area contributed by atoms with Gasteiger partial charge in [0, 0.05) is 22.9 Å². The first-order chi connectivity index (χ1) is 16.2. The number of hydrogen-bond acceptors (Lipinski definition) is 6. The number of aromatic nitrogens is 4. The molecule has 2 heterocycles. The summed E-state index contributed by atoms with van der Waals surface area (Å²) < 4.78 is 30.6. The smallest absolute Gasteiger partial charge is 0.137 e. The monoisotopic (exact) mass is 479 g/mol. The predicted octanol–water partition coefficient (Wildman–Crippen LogP) is 5.06. The lowest BCUT2D eigenvalue weighted by molar-refractivity contribution is -0.0321. The van der Waals surface area contributed by atoms with Gasteiger partial charge in [-0.1, -0.05) is 25.1 Å². The van der Waals surface area contributed by atoms with Crippen molar-refractivity contribution in [1.29, 1.82) is 5.26 Å². The van der Waals surface area contributed by atoms with Crippen LogP contribution in [0.15, 0.2) is 60.5 Å². The molecule has 0 aliphatic carbocycles.